The van der Waals surface area contributed by atoms with Crippen LogP contribution in [0.4, 0.5) is 0 Å². The largest absolute Gasteiger partial charge is 0.317 e. The van der Waals surface area contributed by atoms with Gasteiger partial charge in [0.15, 0.2) is 0 Å². The summed E-state index contributed by atoms with van der Waals surface area (Å²) >= 11 is 0. The molecule has 2 saturated heterocycles. The van der Waals surface area contributed by atoms with Crippen LogP contribution in [0, 0.1) is 5.41 Å². The molecule has 3 rings (SSSR count). The van der Waals surface area contributed by atoms with E-state index in [9.17, 15) is 0 Å². The van der Waals surface area contributed by atoms with Crippen molar-refractivity contribution in [2.75, 3.05) is 26.2 Å². The molecule has 21 heavy (non-hydrogen) atoms. The summed E-state index contributed by atoms with van der Waals surface area (Å²) in [5.74, 6) is 0. The Kier molecular flexibility index (Phi) is 7.41. The Morgan fingerprint density at radius 2 is 1.95 bits per heavy atom. The normalized spacial score (nSPS) is 20.8. The highest BCUT2D eigenvalue weighted by Gasteiger charge is 2.38. The van der Waals surface area contributed by atoms with Crippen molar-refractivity contribution in [2.45, 2.75) is 39.2 Å². The summed E-state index contributed by atoms with van der Waals surface area (Å²) in [4.78, 5) is 7.19. The maximum Gasteiger partial charge on any atom is 0.0544 e. The SMILES string of the molecule is CCc1ccc(CN2CCC3(CCNCC3)C2)nc1.Cl.Cl. The molecule has 1 spiro atoms. The standard InChI is InChI=1S/C16H25N3.2ClH/c1-2-14-3-4-15(18-11-14)12-19-10-7-16(13-19)5-8-17-9-6-16;;/h3-4,11,17H,2,5-10,12-13H2,1H3;2*1H. The predicted molar refractivity (Wildman–Crippen MR) is 92.5 cm³/mol. The highest BCUT2D eigenvalue weighted by Crippen LogP contribution is 2.38. The van der Waals surface area contributed by atoms with Gasteiger partial charge in [-0.25, -0.2) is 0 Å². The Bertz CT molecular complexity index is 416. The van der Waals surface area contributed by atoms with E-state index < -0.39 is 0 Å². The number of nitrogens with zero attached hydrogens (tertiary/aromatic N) is 2. The minimum absolute atomic E-state index is 0. The Hall–Kier alpha value is -0.350. The van der Waals surface area contributed by atoms with E-state index in [4.69, 9.17) is 0 Å². The van der Waals surface area contributed by atoms with E-state index in [-0.39, 0.29) is 24.8 Å². The number of aryl methyl sites for hydroxylation is 1. The van der Waals surface area contributed by atoms with Gasteiger partial charge in [-0.2, -0.15) is 0 Å². The zero-order valence-electron chi connectivity index (χ0n) is 12.8. The second-order valence-corrected chi connectivity index (χ2v) is 6.22. The fraction of sp³-hybridized carbons (Fsp3) is 0.688. The summed E-state index contributed by atoms with van der Waals surface area (Å²) in [7, 11) is 0. The quantitative estimate of drug-likeness (QED) is 0.922. The monoisotopic (exact) mass is 331 g/mol. The molecule has 0 radical (unpaired) electrons. The van der Waals surface area contributed by atoms with Gasteiger partial charge >= 0.3 is 0 Å². The number of rotatable bonds is 3. The zero-order valence-corrected chi connectivity index (χ0v) is 14.4. The minimum atomic E-state index is 0. The van der Waals surface area contributed by atoms with Gasteiger partial charge in [-0.05, 0) is 62.4 Å². The van der Waals surface area contributed by atoms with Crippen molar-refractivity contribution in [1.29, 1.82) is 0 Å². The molecular formula is C16H27Cl2N3. The average molecular weight is 332 g/mol. The predicted octanol–water partition coefficient (Wildman–Crippen LogP) is 3.06. The zero-order chi connectivity index (χ0) is 13.1. The molecule has 5 heteroatoms. The fourth-order valence-corrected chi connectivity index (χ4v) is 3.51. The van der Waals surface area contributed by atoms with Crippen molar-refractivity contribution in [3.8, 4) is 0 Å². The van der Waals surface area contributed by atoms with Crippen molar-refractivity contribution in [1.82, 2.24) is 15.2 Å². The molecule has 1 aromatic rings. The van der Waals surface area contributed by atoms with E-state index in [1.165, 1.54) is 56.7 Å². The van der Waals surface area contributed by atoms with Crippen LogP contribution in [0.2, 0.25) is 0 Å². The van der Waals surface area contributed by atoms with Gasteiger partial charge in [0.1, 0.15) is 0 Å². The molecule has 2 aliphatic heterocycles. The van der Waals surface area contributed by atoms with Crippen molar-refractivity contribution in [3.63, 3.8) is 0 Å². The van der Waals surface area contributed by atoms with Crippen molar-refractivity contribution >= 4 is 24.8 Å². The fourth-order valence-electron chi connectivity index (χ4n) is 3.51. The number of piperidine rings is 1. The van der Waals surface area contributed by atoms with Crippen molar-refractivity contribution in [2.24, 2.45) is 5.41 Å². The van der Waals surface area contributed by atoms with Crippen LogP contribution in [-0.2, 0) is 13.0 Å². The van der Waals surface area contributed by atoms with E-state index in [2.05, 4.69) is 34.3 Å². The minimum Gasteiger partial charge on any atom is -0.317 e. The van der Waals surface area contributed by atoms with Gasteiger partial charge in [-0.15, -0.1) is 24.8 Å². The van der Waals surface area contributed by atoms with Gasteiger partial charge in [0.25, 0.3) is 0 Å². The number of pyridine rings is 1. The smallest absolute Gasteiger partial charge is 0.0544 e. The molecule has 2 fully saturated rings. The lowest BCUT2D eigenvalue weighted by molar-refractivity contribution is 0.193. The van der Waals surface area contributed by atoms with Crippen LogP contribution in [0.5, 0.6) is 0 Å². The Morgan fingerprint density at radius 1 is 1.19 bits per heavy atom. The first-order valence-corrected chi connectivity index (χ1v) is 7.67. The molecule has 0 bridgehead atoms. The lowest BCUT2D eigenvalue weighted by Crippen LogP contribution is -2.38. The number of hydrogen-bond donors (Lipinski definition) is 1. The first-order valence-electron chi connectivity index (χ1n) is 7.67. The van der Waals surface area contributed by atoms with Crippen LogP contribution in [-0.4, -0.2) is 36.1 Å². The molecule has 1 aromatic heterocycles. The summed E-state index contributed by atoms with van der Waals surface area (Å²) in [5, 5.41) is 3.48. The average Bonchev–Trinajstić information content (AvgIpc) is 2.83. The second-order valence-electron chi connectivity index (χ2n) is 6.22. The molecule has 0 aromatic carbocycles. The molecule has 3 nitrogen and oxygen atoms in total. The number of likely N-dealkylation sites (tertiary alicyclic amines) is 1. The number of hydrogen-bond acceptors (Lipinski definition) is 3. The molecule has 0 atom stereocenters. The van der Waals surface area contributed by atoms with Gasteiger partial charge in [-0.3, -0.25) is 9.88 Å². The molecule has 0 saturated carbocycles. The maximum atomic E-state index is 4.59. The lowest BCUT2D eigenvalue weighted by Gasteiger charge is -2.33. The molecule has 0 amide bonds. The van der Waals surface area contributed by atoms with Gasteiger partial charge in [0, 0.05) is 19.3 Å². The van der Waals surface area contributed by atoms with Gasteiger partial charge < -0.3 is 5.32 Å². The highest BCUT2D eigenvalue weighted by atomic mass is 35.5. The van der Waals surface area contributed by atoms with E-state index in [1.54, 1.807) is 0 Å². The Labute approximate surface area is 140 Å². The third-order valence-electron chi connectivity index (χ3n) is 4.86. The van der Waals surface area contributed by atoms with Crippen LogP contribution in [0.3, 0.4) is 0 Å². The summed E-state index contributed by atoms with van der Waals surface area (Å²) in [6.45, 7) is 8.13. The maximum absolute atomic E-state index is 4.59. The number of aromatic nitrogens is 1. The third-order valence-corrected chi connectivity index (χ3v) is 4.86. The highest BCUT2D eigenvalue weighted by molar-refractivity contribution is 5.85. The van der Waals surface area contributed by atoms with E-state index in [1.807, 2.05) is 6.20 Å². The molecule has 0 unspecified atom stereocenters. The molecule has 3 heterocycles. The molecule has 0 aliphatic carbocycles. The number of halogens is 2. The second kappa shape index (κ2) is 8.33. The number of nitrogens with one attached hydrogen (secondary N) is 1. The Balaban J connectivity index is 0.00000110. The summed E-state index contributed by atoms with van der Waals surface area (Å²) < 4.78 is 0. The van der Waals surface area contributed by atoms with Crippen LogP contribution >= 0.6 is 24.8 Å². The van der Waals surface area contributed by atoms with Crippen LogP contribution in [0.25, 0.3) is 0 Å². The van der Waals surface area contributed by atoms with Crippen LogP contribution in [0.15, 0.2) is 18.3 Å². The lowest BCUT2D eigenvalue weighted by atomic mass is 9.78. The van der Waals surface area contributed by atoms with Crippen molar-refractivity contribution < 1.29 is 0 Å². The molecule has 2 aliphatic rings. The first-order chi connectivity index (χ1) is 9.30. The first kappa shape index (κ1) is 18.7. The van der Waals surface area contributed by atoms with Crippen LogP contribution < -0.4 is 5.32 Å². The van der Waals surface area contributed by atoms with E-state index in [0.29, 0.717) is 5.41 Å². The van der Waals surface area contributed by atoms with Gasteiger partial charge in [0.05, 0.1) is 5.69 Å². The van der Waals surface area contributed by atoms with Crippen LogP contribution in [0.1, 0.15) is 37.4 Å². The summed E-state index contributed by atoms with van der Waals surface area (Å²) in [5.41, 5.74) is 3.16. The van der Waals surface area contributed by atoms with Gasteiger partial charge in [0.2, 0.25) is 0 Å². The van der Waals surface area contributed by atoms with Gasteiger partial charge in [-0.1, -0.05) is 13.0 Å². The molecular weight excluding hydrogens is 305 g/mol. The van der Waals surface area contributed by atoms with Crippen molar-refractivity contribution in [3.05, 3.63) is 29.6 Å². The molecule has 120 valence electrons. The summed E-state index contributed by atoms with van der Waals surface area (Å²) in [6, 6.07) is 4.42. The third kappa shape index (κ3) is 4.56. The summed E-state index contributed by atoms with van der Waals surface area (Å²) in [6.07, 6.45) is 7.19. The van der Waals surface area contributed by atoms with E-state index >= 15 is 0 Å². The van der Waals surface area contributed by atoms with E-state index in [0.717, 1.165) is 13.0 Å². The topological polar surface area (TPSA) is 28.2 Å². The Morgan fingerprint density at radius 3 is 2.57 bits per heavy atom. The molecule has 1 N–H and O–H groups in total.